The lowest BCUT2D eigenvalue weighted by molar-refractivity contribution is -0.115. The van der Waals surface area contributed by atoms with Crippen molar-refractivity contribution < 1.29 is 19.1 Å². The van der Waals surface area contributed by atoms with Gasteiger partial charge in [-0.3, -0.25) is 4.79 Å². The van der Waals surface area contributed by atoms with Gasteiger partial charge in [0.25, 0.3) is 0 Å². The van der Waals surface area contributed by atoms with Crippen LogP contribution in [0.15, 0.2) is 35.7 Å². The zero-order valence-electron chi connectivity index (χ0n) is 12.4. The molecule has 1 aromatic carbocycles. The number of thiophene rings is 1. The highest BCUT2D eigenvalue weighted by Crippen LogP contribution is 2.24. The third-order valence-corrected chi connectivity index (χ3v) is 3.75. The highest BCUT2D eigenvalue weighted by Gasteiger charge is 2.15. The van der Waals surface area contributed by atoms with Gasteiger partial charge in [0.15, 0.2) is 0 Å². The molecular formula is C16H17NO4S. The van der Waals surface area contributed by atoms with Crippen molar-refractivity contribution in [2.45, 2.75) is 13.3 Å². The molecule has 0 radical (unpaired) electrons. The second kappa shape index (κ2) is 7.61. The van der Waals surface area contributed by atoms with Crippen molar-refractivity contribution in [3.63, 3.8) is 0 Å². The van der Waals surface area contributed by atoms with Crippen LogP contribution in [0.2, 0.25) is 0 Å². The van der Waals surface area contributed by atoms with E-state index in [1.165, 1.54) is 18.4 Å². The Morgan fingerprint density at radius 3 is 2.55 bits per heavy atom. The first-order valence-electron chi connectivity index (χ1n) is 6.81. The maximum atomic E-state index is 12.1. The third kappa shape index (κ3) is 4.08. The van der Waals surface area contributed by atoms with Gasteiger partial charge < -0.3 is 14.8 Å². The summed E-state index contributed by atoms with van der Waals surface area (Å²) in [6, 6.07) is 8.98. The second-order valence-corrected chi connectivity index (χ2v) is 5.37. The zero-order valence-corrected chi connectivity index (χ0v) is 13.2. The van der Waals surface area contributed by atoms with Crippen molar-refractivity contribution in [2.24, 2.45) is 0 Å². The summed E-state index contributed by atoms with van der Waals surface area (Å²) in [5.41, 5.74) is 1.24. The fraction of sp³-hybridized carbons (Fsp3) is 0.250. The molecule has 1 aromatic heterocycles. The number of rotatable bonds is 6. The quantitative estimate of drug-likeness (QED) is 0.831. The normalized spacial score (nSPS) is 10.1. The van der Waals surface area contributed by atoms with Gasteiger partial charge in [-0.05, 0) is 36.1 Å². The van der Waals surface area contributed by atoms with E-state index >= 15 is 0 Å². The highest BCUT2D eigenvalue weighted by molar-refractivity contribution is 7.14. The van der Waals surface area contributed by atoms with Crippen LogP contribution in [0.4, 0.5) is 5.00 Å². The number of esters is 1. The van der Waals surface area contributed by atoms with Crippen LogP contribution >= 0.6 is 11.3 Å². The number of benzene rings is 1. The molecule has 1 heterocycles. The average molecular weight is 319 g/mol. The van der Waals surface area contributed by atoms with E-state index in [1.807, 2.05) is 31.2 Å². The molecule has 0 atom stereocenters. The van der Waals surface area contributed by atoms with Crippen molar-refractivity contribution in [2.75, 3.05) is 19.0 Å². The number of carbonyl (C=O) groups excluding carboxylic acids is 2. The van der Waals surface area contributed by atoms with E-state index in [-0.39, 0.29) is 12.3 Å². The highest BCUT2D eigenvalue weighted by atomic mass is 32.1. The molecule has 2 rings (SSSR count). The van der Waals surface area contributed by atoms with Gasteiger partial charge in [-0.25, -0.2) is 4.79 Å². The molecule has 0 unspecified atom stereocenters. The van der Waals surface area contributed by atoms with Crippen LogP contribution in [0.5, 0.6) is 5.75 Å². The topological polar surface area (TPSA) is 64.6 Å². The molecule has 22 heavy (non-hydrogen) atoms. The Balaban J connectivity index is 1.98. The molecule has 0 aliphatic carbocycles. The molecule has 0 saturated heterocycles. The van der Waals surface area contributed by atoms with Gasteiger partial charge in [0.2, 0.25) is 5.91 Å². The fourth-order valence-electron chi connectivity index (χ4n) is 1.90. The van der Waals surface area contributed by atoms with Crippen LogP contribution in [0.1, 0.15) is 22.8 Å². The number of methoxy groups -OCH3 is 1. The number of hydrogen-bond acceptors (Lipinski definition) is 5. The molecule has 5 nitrogen and oxygen atoms in total. The molecule has 1 amide bonds. The van der Waals surface area contributed by atoms with Gasteiger partial charge in [0.1, 0.15) is 10.8 Å². The molecule has 0 fully saturated rings. The number of amides is 1. The maximum absolute atomic E-state index is 12.1. The minimum absolute atomic E-state index is 0.184. The first-order chi connectivity index (χ1) is 10.6. The lowest BCUT2D eigenvalue weighted by Crippen LogP contribution is -2.15. The lowest BCUT2D eigenvalue weighted by Gasteiger charge is -2.07. The Labute approximate surface area is 132 Å². The van der Waals surface area contributed by atoms with E-state index in [2.05, 4.69) is 10.1 Å². The summed E-state index contributed by atoms with van der Waals surface area (Å²) in [5.74, 6) is 0.132. The van der Waals surface area contributed by atoms with Crippen LogP contribution in [-0.4, -0.2) is 25.6 Å². The van der Waals surface area contributed by atoms with Crippen LogP contribution < -0.4 is 10.1 Å². The Morgan fingerprint density at radius 1 is 1.18 bits per heavy atom. The summed E-state index contributed by atoms with van der Waals surface area (Å²) >= 11 is 1.29. The smallest absolute Gasteiger partial charge is 0.340 e. The zero-order chi connectivity index (χ0) is 15.9. The van der Waals surface area contributed by atoms with Crippen molar-refractivity contribution in [1.82, 2.24) is 0 Å². The Kier molecular flexibility index (Phi) is 5.55. The van der Waals surface area contributed by atoms with Crippen LogP contribution in [0.25, 0.3) is 0 Å². The molecule has 0 aliphatic rings. The van der Waals surface area contributed by atoms with Gasteiger partial charge in [0.05, 0.1) is 25.7 Å². The predicted molar refractivity (Wildman–Crippen MR) is 85.6 cm³/mol. The number of carbonyl (C=O) groups is 2. The van der Waals surface area contributed by atoms with E-state index in [0.717, 1.165) is 11.3 Å². The monoisotopic (exact) mass is 319 g/mol. The molecule has 1 N–H and O–H groups in total. The van der Waals surface area contributed by atoms with E-state index in [4.69, 9.17) is 4.74 Å². The van der Waals surface area contributed by atoms with Crippen LogP contribution in [0, 0.1) is 0 Å². The Hall–Kier alpha value is -2.34. The minimum Gasteiger partial charge on any atom is -0.494 e. The molecule has 0 bridgehead atoms. The summed E-state index contributed by atoms with van der Waals surface area (Å²) in [6.45, 7) is 2.52. The van der Waals surface area contributed by atoms with E-state index < -0.39 is 5.97 Å². The van der Waals surface area contributed by atoms with Crippen molar-refractivity contribution in [1.29, 1.82) is 0 Å². The summed E-state index contributed by atoms with van der Waals surface area (Å²) in [7, 11) is 1.31. The summed E-state index contributed by atoms with van der Waals surface area (Å²) < 4.78 is 10.0. The van der Waals surface area contributed by atoms with E-state index in [0.29, 0.717) is 17.2 Å². The van der Waals surface area contributed by atoms with Gasteiger partial charge in [-0.2, -0.15) is 0 Å². The molecular weight excluding hydrogens is 302 g/mol. The minimum atomic E-state index is -0.461. The largest absolute Gasteiger partial charge is 0.494 e. The predicted octanol–water partition coefficient (Wildman–Crippen LogP) is 3.11. The first-order valence-corrected chi connectivity index (χ1v) is 7.69. The van der Waals surface area contributed by atoms with E-state index in [9.17, 15) is 9.59 Å². The molecule has 0 aliphatic heterocycles. The third-order valence-electron chi connectivity index (χ3n) is 2.92. The van der Waals surface area contributed by atoms with Gasteiger partial charge in [0, 0.05) is 0 Å². The summed E-state index contributed by atoms with van der Waals surface area (Å²) in [6.07, 6.45) is 0.227. The summed E-state index contributed by atoms with van der Waals surface area (Å²) in [5, 5.41) is 4.98. The standard InChI is InChI=1S/C16H17NO4S/c1-3-21-12-6-4-11(5-7-12)10-14(18)17-15-13(8-9-22-15)16(19)20-2/h4-9H,3,10H2,1-2H3,(H,17,18). The van der Waals surface area contributed by atoms with Crippen LogP contribution in [-0.2, 0) is 16.0 Å². The van der Waals surface area contributed by atoms with Crippen LogP contribution in [0.3, 0.4) is 0 Å². The Morgan fingerprint density at radius 2 is 1.91 bits per heavy atom. The van der Waals surface area contributed by atoms with Crippen molar-refractivity contribution >= 4 is 28.2 Å². The maximum Gasteiger partial charge on any atom is 0.340 e. The summed E-state index contributed by atoms with van der Waals surface area (Å²) in [4.78, 5) is 23.6. The molecule has 116 valence electrons. The van der Waals surface area contributed by atoms with Crippen molar-refractivity contribution in [3.8, 4) is 5.75 Å². The number of nitrogens with one attached hydrogen (secondary N) is 1. The SMILES string of the molecule is CCOc1ccc(CC(=O)Nc2sccc2C(=O)OC)cc1. The molecule has 0 saturated carbocycles. The number of ether oxygens (including phenoxy) is 2. The lowest BCUT2D eigenvalue weighted by atomic mass is 10.1. The molecule has 2 aromatic rings. The average Bonchev–Trinajstić information content (AvgIpc) is 2.96. The molecule has 0 spiro atoms. The fourth-order valence-corrected chi connectivity index (χ4v) is 2.69. The van der Waals surface area contributed by atoms with Gasteiger partial charge in [-0.15, -0.1) is 11.3 Å². The van der Waals surface area contributed by atoms with Gasteiger partial charge >= 0.3 is 5.97 Å². The number of hydrogen-bond donors (Lipinski definition) is 1. The first kappa shape index (κ1) is 16.0. The number of anilines is 1. The second-order valence-electron chi connectivity index (χ2n) is 4.46. The van der Waals surface area contributed by atoms with E-state index in [1.54, 1.807) is 11.4 Å². The Bertz CT molecular complexity index is 648. The van der Waals surface area contributed by atoms with Gasteiger partial charge in [-0.1, -0.05) is 12.1 Å². The van der Waals surface area contributed by atoms with Crippen molar-refractivity contribution in [3.05, 3.63) is 46.8 Å². The molecule has 6 heteroatoms.